The van der Waals surface area contributed by atoms with Crippen molar-refractivity contribution in [3.05, 3.63) is 36.0 Å². The molecule has 1 N–H and O–H groups in total. The van der Waals surface area contributed by atoms with Crippen LogP contribution in [0.2, 0.25) is 0 Å². The molecule has 2 fully saturated rings. The second-order valence-corrected chi connectivity index (χ2v) is 9.12. The van der Waals surface area contributed by atoms with Crippen molar-refractivity contribution >= 4 is 22.8 Å². The number of urea groups is 1. The van der Waals surface area contributed by atoms with Crippen LogP contribution in [0, 0.1) is 0 Å². The van der Waals surface area contributed by atoms with E-state index >= 15 is 0 Å². The monoisotopic (exact) mass is 441 g/mol. The predicted molar refractivity (Wildman–Crippen MR) is 125 cm³/mol. The minimum absolute atomic E-state index is 0.0398. The second kappa shape index (κ2) is 9.92. The zero-order valence-corrected chi connectivity index (χ0v) is 19.4. The van der Waals surface area contributed by atoms with Crippen LogP contribution in [0.1, 0.15) is 29.6 Å². The number of hydrogen-bond donors (Lipinski definition) is 1. The molecule has 4 rings (SSSR count). The van der Waals surface area contributed by atoms with Crippen molar-refractivity contribution in [2.45, 2.75) is 31.3 Å². The lowest BCUT2D eigenvalue weighted by Gasteiger charge is -2.39. The number of ether oxygens (including phenoxy) is 1. The average Bonchev–Trinajstić information content (AvgIpc) is 3.48. The van der Waals surface area contributed by atoms with E-state index in [1.54, 1.807) is 19.0 Å². The molecule has 3 amide bonds. The normalized spacial score (nSPS) is 19.6. The minimum atomic E-state index is 0.0398. The van der Waals surface area contributed by atoms with E-state index in [4.69, 9.17) is 4.74 Å². The summed E-state index contributed by atoms with van der Waals surface area (Å²) in [7, 11) is 5.49. The molecule has 0 spiro atoms. The molecular formula is C24H35N5O3. The first kappa shape index (κ1) is 22.6. The summed E-state index contributed by atoms with van der Waals surface area (Å²) in [5.74, 6) is 0.0398. The molecule has 8 heteroatoms. The number of aromatic amines is 1. The van der Waals surface area contributed by atoms with Crippen LogP contribution < -0.4 is 0 Å². The van der Waals surface area contributed by atoms with E-state index in [1.807, 2.05) is 47.3 Å². The van der Waals surface area contributed by atoms with Gasteiger partial charge in [0.25, 0.3) is 5.91 Å². The lowest BCUT2D eigenvalue weighted by Crippen LogP contribution is -2.50. The number of nitrogens with zero attached hydrogens (tertiary/aromatic N) is 4. The molecule has 8 nitrogen and oxygen atoms in total. The molecule has 2 saturated heterocycles. The van der Waals surface area contributed by atoms with Crippen molar-refractivity contribution in [2.75, 3.05) is 60.5 Å². The van der Waals surface area contributed by atoms with E-state index in [0.29, 0.717) is 18.6 Å². The fraction of sp³-hybridized carbons (Fsp3) is 0.583. The van der Waals surface area contributed by atoms with Crippen LogP contribution in [0.3, 0.4) is 0 Å². The number of nitrogens with one attached hydrogen (secondary N) is 1. The highest BCUT2D eigenvalue weighted by molar-refractivity contribution is 6.06. The number of aromatic nitrogens is 1. The number of likely N-dealkylation sites (N-methyl/N-ethyl adjacent to an activating group) is 1. The number of H-pyrrole nitrogens is 1. The van der Waals surface area contributed by atoms with Gasteiger partial charge in [0.15, 0.2) is 0 Å². The molecule has 174 valence electrons. The number of fused-ring (bicyclic) bond motifs is 1. The van der Waals surface area contributed by atoms with Crippen molar-refractivity contribution in [3.63, 3.8) is 0 Å². The van der Waals surface area contributed by atoms with Gasteiger partial charge < -0.3 is 24.4 Å². The first-order chi connectivity index (χ1) is 15.5. The van der Waals surface area contributed by atoms with Gasteiger partial charge in [-0.05, 0) is 37.5 Å². The van der Waals surface area contributed by atoms with E-state index < -0.39 is 0 Å². The van der Waals surface area contributed by atoms with Crippen LogP contribution in [0.25, 0.3) is 10.9 Å². The molecule has 32 heavy (non-hydrogen) atoms. The molecular weight excluding hydrogens is 406 g/mol. The highest BCUT2D eigenvalue weighted by Gasteiger charge is 2.35. The quantitative estimate of drug-likeness (QED) is 0.748. The number of hydrogen-bond acceptors (Lipinski definition) is 4. The van der Waals surface area contributed by atoms with Crippen LogP contribution in [0.5, 0.6) is 0 Å². The number of carbonyl (C=O) groups excluding carboxylic acids is 2. The van der Waals surface area contributed by atoms with Crippen molar-refractivity contribution < 1.29 is 14.3 Å². The summed E-state index contributed by atoms with van der Waals surface area (Å²) >= 11 is 0. The number of amides is 3. The van der Waals surface area contributed by atoms with Gasteiger partial charge in [0.1, 0.15) is 0 Å². The number of carbonyl (C=O) groups is 2. The Labute approximate surface area is 190 Å². The Bertz CT molecular complexity index is 937. The Morgan fingerprint density at radius 1 is 1.06 bits per heavy atom. The lowest BCUT2D eigenvalue weighted by atomic mass is 10.0. The number of rotatable bonds is 6. The maximum atomic E-state index is 13.2. The summed E-state index contributed by atoms with van der Waals surface area (Å²) in [6.45, 7) is 4.52. The third-order valence-corrected chi connectivity index (χ3v) is 6.81. The topological polar surface area (TPSA) is 72.1 Å². The fourth-order valence-corrected chi connectivity index (χ4v) is 4.99. The van der Waals surface area contributed by atoms with Crippen LogP contribution in [-0.2, 0) is 4.74 Å². The Morgan fingerprint density at radius 2 is 1.84 bits per heavy atom. The largest absolute Gasteiger partial charge is 0.381 e. The molecule has 0 bridgehead atoms. The predicted octanol–water partition coefficient (Wildman–Crippen LogP) is 2.48. The molecule has 0 radical (unpaired) electrons. The maximum Gasteiger partial charge on any atom is 0.319 e. The van der Waals surface area contributed by atoms with Crippen LogP contribution >= 0.6 is 0 Å². The minimum Gasteiger partial charge on any atom is -0.381 e. The molecule has 3 heterocycles. The molecule has 0 unspecified atom stereocenters. The highest BCUT2D eigenvalue weighted by atomic mass is 16.5. The smallest absolute Gasteiger partial charge is 0.319 e. The van der Waals surface area contributed by atoms with Crippen molar-refractivity contribution in [2.24, 2.45) is 0 Å². The fourth-order valence-electron chi connectivity index (χ4n) is 4.99. The molecule has 1 aromatic carbocycles. The standard InChI is InChI=1S/C24H35N5O3/c1-26(2)24(31)28-12-8-19(17-28)29(18-9-15-32-16-10-18)14-13-27(3)23(30)21-5-4-6-22-20(21)7-11-25-22/h4-7,11,18-19,25H,8-10,12-17H2,1-3H3/t19-/m0/s1. The molecule has 1 atom stereocenters. The summed E-state index contributed by atoms with van der Waals surface area (Å²) in [5.41, 5.74) is 1.71. The van der Waals surface area contributed by atoms with E-state index in [-0.39, 0.29) is 11.9 Å². The van der Waals surface area contributed by atoms with Gasteiger partial charge in [0.05, 0.1) is 0 Å². The Morgan fingerprint density at radius 3 is 2.59 bits per heavy atom. The molecule has 2 aliphatic rings. The van der Waals surface area contributed by atoms with Crippen molar-refractivity contribution in [1.82, 2.24) is 24.6 Å². The first-order valence-electron chi connectivity index (χ1n) is 11.6. The highest BCUT2D eigenvalue weighted by Crippen LogP contribution is 2.24. The Kier molecular flexibility index (Phi) is 7.01. The number of likely N-dealkylation sites (tertiary alicyclic amines) is 1. The van der Waals surface area contributed by atoms with Gasteiger partial charge >= 0.3 is 6.03 Å². The summed E-state index contributed by atoms with van der Waals surface area (Å²) in [6, 6.07) is 8.58. The molecule has 0 aliphatic carbocycles. The van der Waals surface area contributed by atoms with Gasteiger partial charge in [-0.2, -0.15) is 0 Å². The van der Waals surface area contributed by atoms with E-state index in [1.165, 1.54) is 0 Å². The number of benzene rings is 1. The first-order valence-corrected chi connectivity index (χ1v) is 11.6. The Hall–Kier alpha value is -2.58. The second-order valence-electron chi connectivity index (χ2n) is 9.12. The molecule has 2 aromatic rings. The third-order valence-electron chi connectivity index (χ3n) is 6.81. The van der Waals surface area contributed by atoms with Gasteiger partial charge in [0.2, 0.25) is 0 Å². The summed E-state index contributed by atoms with van der Waals surface area (Å²) in [6.07, 6.45) is 4.84. The van der Waals surface area contributed by atoms with Crippen molar-refractivity contribution in [3.8, 4) is 0 Å². The maximum absolute atomic E-state index is 13.2. The van der Waals surface area contributed by atoms with Gasteiger partial charge in [-0.25, -0.2) is 4.79 Å². The van der Waals surface area contributed by atoms with Gasteiger partial charge in [-0.3, -0.25) is 9.69 Å². The summed E-state index contributed by atoms with van der Waals surface area (Å²) in [5, 5.41) is 0.958. The molecule has 2 aliphatic heterocycles. The average molecular weight is 442 g/mol. The van der Waals surface area contributed by atoms with Crippen LogP contribution in [-0.4, -0.2) is 109 Å². The van der Waals surface area contributed by atoms with Crippen LogP contribution in [0.15, 0.2) is 30.5 Å². The van der Waals surface area contributed by atoms with Crippen LogP contribution in [0.4, 0.5) is 4.79 Å². The van der Waals surface area contributed by atoms with E-state index in [0.717, 1.165) is 68.6 Å². The van der Waals surface area contributed by atoms with Gasteiger partial charge in [-0.1, -0.05) is 6.07 Å². The van der Waals surface area contributed by atoms with Gasteiger partial charge in [0, 0.05) is 95.3 Å². The summed E-state index contributed by atoms with van der Waals surface area (Å²) < 4.78 is 5.59. The zero-order chi connectivity index (χ0) is 22.7. The van der Waals surface area contributed by atoms with E-state index in [9.17, 15) is 9.59 Å². The van der Waals surface area contributed by atoms with Crippen molar-refractivity contribution in [1.29, 1.82) is 0 Å². The molecule has 0 saturated carbocycles. The van der Waals surface area contributed by atoms with Gasteiger partial charge in [-0.15, -0.1) is 0 Å². The zero-order valence-electron chi connectivity index (χ0n) is 19.4. The Balaban J connectivity index is 1.43. The molecule has 1 aromatic heterocycles. The SMILES string of the molecule is CN(C)C(=O)N1CC[C@H](N(CCN(C)C(=O)c2cccc3[nH]ccc23)C2CCOCC2)C1. The lowest BCUT2D eigenvalue weighted by molar-refractivity contribution is 0.0152. The van der Waals surface area contributed by atoms with E-state index in [2.05, 4.69) is 9.88 Å². The summed E-state index contributed by atoms with van der Waals surface area (Å²) in [4.78, 5) is 36.8. The third kappa shape index (κ3) is 4.76.